The summed E-state index contributed by atoms with van der Waals surface area (Å²) in [4.78, 5) is 18.9. The average molecular weight is 392 g/mol. The van der Waals surface area contributed by atoms with Crippen molar-refractivity contribution in [3.63, 3.8) is 0 Å². The molecule has 1 aromatic heterocycles. The molecule has 7 nitrogen and oxygen atoms in total. The Morgan fingerprint density at radius 3 is 1.90 bits per heavy atom. The number of rotatable bonds is 3. The quantitative estimate of drug-likeness (QED) is 0.793. The molecule has 152 valence electrons. The number of nitriles is 1. The Morgan fingerprint density at radius 1 is 0.793 bits per heavy atom. The van der Waals surface area contributed by atoms with Crippen LogP contribution in [0, 0.1) is 25.2 Å². The first-order valence-electron chi connectivity index (χ1n) is 10.3. The molecule has 3 heterocycles. The summed E-state index contributed by atoms with van der Waals surface area (Å²) in [6, 6.07) is 10.5. The maximum absolute atomic E-state index is 9.14. The predicted molar refractivity (Wildman–Crippen MR) is 117 cm³/mol. The SMILES string of the molecule is Cc1nc(N2CCN(C)CC2)cc(N2CCN(c3ccc(C#N)c(C)c3)CC2)n1. The number of piperazine rings is 2. The highest BCUT2D eigenvalue weighted by molar-refractivity contribution is 5.56. The van der Waals surface area contributed by atoms with Crippen LogP contribution in [0.15, 0.2) is 24.3 Å². The third-order valence-corrected chi connectivity index (χ3v) is 5.94. The van der Waals surface area contributed by atoms with E-state index in [1.165, 1.54) is 5.69 Å². The van der Waals surface area contributed by atoms with Crippen LogP contribution in [0.25, 0.3) is 0 Å². The van der Waals surface area contributed by atoms with E-state index in [1.807, 2.05) is 19.9 Å². The standard InChI is InChI=1S/C22H29N7/c1-17-14-20(5-4-19(17)16-23)27-10-12-29(13-11-27)22-15-21(24-18(2)25-22)28-8-6-26(3)7-9-28/h4-5,14-15H,6-13H2,1-3H3. The van der Waals surface area contributed by atoms with Crippen molar-refractivity contribution in [3.8, 4) is 6.07 Å². The summed E-state index contributed by atoms with van der Waals surface area (Å²) < 4.78 is 0. The first kappa shape index (κ1) is 19.5. The van der Waals surface area contributed by atoms with E-state index >= 15 is 0 Å². The molecular weight excluding hydrogens is 362 g/mol. The summed E-state index contributed by atoms with van der Waals surface area (Å²) in [6.45, 7) is 11.9. The first-order valence-corrected chi connectivity index (χ1v) is 10.3. The Morgan fingerprint density at radius 2 is 1.34 bits per heavy atom. The number of nitrogens with zero attached hydrogens (tertiary/aromatic N) is 7. The van der Waals surface area contributed by atoms with Crippen LogP contribution >= 0.6 is 0 Å². The van der Waals surface area contributed by atoms with E-state index in [0.717, 1.165) is 80.9 Å². The summed E-state index contributed by atoms with van der Waals surface area (Å²) in [5.74, 6) is 2.91. The molecule has 0 atom stereocenters. The van der Waals surface area contributed by atoms with Gasteiger partial charge in [0.15, 0.2) is 0 Å². The number of hydrogen-bond acceptors (Lipinski definition) is 7. The lowest BCUT2D eigenvalue weighted by Crippen LogP contribution is -2.47. The molecule has 1 aromatic carbocycles. The van der Waals surface area contributed by atoms with Gasteiger partial charge in [0, 0.05) is 64.1 Å². The van der Waals surface area contributed by atoms with Crippen LogP contribution in [0.2, 0.25) is 0 Å². The molecule has 0 unspecified atom stereocenters. The molecule has 2 fully saturated rings. The van der Waals surface area contributed by atoms with Gasteiger partial charge in [0.25, 0.3) is 0 Å². The number of anilines is 3. The minimum Gasteiger partial charge on any atom is -0.368 e. The van der Waals surface area contributed by atoms with Crippen molar-refractivity contribution in [1.29, 1.82) is 5.26 Å². The Labute approximate surface area is 173 Å². The summed E-state index contributed by atoms with van der Waals surface area (Å²) >= 11 is 0. The van der Waals surface area contributed by atoms with Crippen molar-refractivity contribution in [1.82, 2.24) is 14.9 Å². The van der Waals surface area contributed by atoms with E-state index in [9.17, 15) is 0 Å². The molecule has 0 bridgehead atoms. The molecule has 29 heavy (non-hydrogen) atoms. The van der Waals surface area contributed by atoms with Gasteiger partial charge in [0.1, 0.15) is 17.5 Å². The van der Waals surface area contributed by atoms with Crippen molar-refractivity contribution in [2.24, 2.45) is 0 Å². The van der Waals surface area contributed by atoms with Gasteiger partial charge in [0.05, 0.1) is 11.6 Å². The van der Waals surface area contributed by atoms with Crippen molar-refractivity contribution in [2.75, 3.05) is 74.1 Å². The predicted octanol–water partition coefficient (Wildman–Crippen LogP) is 2.04. The topological polar surface area (TPSA) is 62.5 Å². The monoisotopic (exact) mass is 391 g/mol. The average Bonchev–Trinajstić information content (AvgIpc) is 2.74. The molecule has 2 aromatic rings. The van der Waals surface area contributed by atoms with Crippen LogP contribution in [-0.4, -0.2) is 74.3 Å². The Bertz CT molecular complexity index is 904. The summed E-state index contributed by atoms with van der Waals surface area (Å²) in [5.41, 5.74) is 2.98. The van der Waals surface area contributed by atoms with Crippen molar-refractivity contribution in [3.05, 3.63) is 41.2 Å². The number of benzene rings is 1. The number of aryl methyl sites for hydroxylation is 2. The molecule has 0 radical (unpaired) electrons. The minimum atomic E-state index is 0.750. The number of likely N-dealkylation sites (N-methyl/N-ethyl adjacent to an activating group) is 1. The second kappa shape index (κ2) is 8.26. The second-order valence-corrected chi connectivity index (χ2v) is 8.01. The molecule has 2 saturated heterocycles. The smallest absolute Gasteiger partial charge is 0.134 e. The highest BCUT2D eigenvalue weighted by Gasteiger charge is 2.22. The van der Waals surface area contributed by atoms with Crippen LogP contribution in [0.1, 0.15) is 17.0 Å². The zero-order chi connectivity index (χ0) is 20.4. The van der Waals surface area contributed by atoms with Crippen molar-refractivity contribution in [2.45, 2.75) is 13.8 Å². The Hall–Kier alpha value is -2.85. The summed E-state index contributed by atoms with van der Waals surface area (Å²) in [7, 11) is 2.17. The molecule has 0 saturated carbocycles. The van der Waals surface area contributed by atoms with E-state index in [2.05, 4.69) is 50.9 Å². The van der Waals surface area contributed by atoms with Gasteiger partial charge in [-0.15, -0.1) is 0 Å². The molecule has 0 amide bonds. The molecule has 0 spiro atoms. The van der Waals surface area contributed by atoms with E-state index in [4.69, 9.17) is 15.2 Å². The van der Waals surface area contributed by atoms with Gasteiger partial charge in [-0.3, -0.25) is 0 Å². The minimum absolute atomic E-state index is 0.750. The molecule has 0 N–H and O–H groups in total. The molecule has 2 aliphatic rings. The lowest BCUT2D eigenvalue weighted by molar-refractivity contribution is 0.312. The lowest BCUT2D eigenvalue weighted by Gasteiger charge is -2.38. The second-order valence-electron chi connectivity index (χ2n) is 8.01. The maximum atomic E-state index is 9.14. The molecule has 7 heteroatoms. The number of aromatic nitrogens is 2. The van der Waals surface area contributed by atoms with Gasteiger partial charge in [-0.1, -0.05) is 0 Å². The maximum Gasteiger partial charge on any atom is 0.134 e. The normalized spacial score (nSPS) is 18.1. The summed E-state index contributed by atoms with van der Waals surface area (Å²) in [5, 5.41) is 9.14. The van der Waals surface area contributed by atoms with Gasteiger partial charge in [-0.05, 0) is 44.7 Å². The zero-order valence-corrected chi connectivity index (χ0v) is 17.6. The highest BCUT2D eigenvalue weighted by atomic mass is 15.3. The largest absolute Gasteiger partial charge is 0.368 e. The van der Waals surface area contributed by atoms with Gasteiger partial charge < -0.3 is 19.6 Å². The fraction of sp³-hybridized carbons (Fsp3) is 0.500. The van der Waals surface area contributed by atoms with E-state index in [0.29, 0.717) is 0 Å². The Kier molecular flexibility index (Phi) is 5.54. The highest BCUT2D eigenvalue weighted by Crippen LogP contribution is 2.24. The fourth-order valence-electron chi connectivity index (χ4n) is 4.06. The third-order valence-electron chi connectivity index (χ3n) is 5.94. The van der Waals surface area contributed by atoms with Crippen molar-refractivity contribution < 1.29 is 0 Å². The van der Waals surface area contributed by atoms with Crippen LogP contribution in [0.3, 0.4) is 0 Å². The van der Waals surface area contributed by atoms with Crippen LogP contribution in [-0.2, 0) is 0 Å². The van der Waals surface area contributed by atoms with Gasteiger partial charge >= 0.3 is 0 Å². The lowest BCUT2D eigenvalue weighted by atomic mass is 10.1. The summed E-state index contributed by atoms with van der Waals surface area (Å²) in [6.07, 6.45) is 0. The first-order chi connectivity index (χ1) is 14.0. The van der Waals surface area contributed by atoms with E-state index in [-0.39, 0.29) is 0 Å². The van der Waals surface area contributed by atoms with Gasteiger partial charge in [0.2, 0.25) is 0 Å². The third kappa shape index (κ3) is 4.28. The Balaban J connectivity index is 1.44. The molecular formula is C22H29N7. The zero-order valence-electron chi connectivity index (χ0n) is 17.6. The molecule has 2 aliphatic heterocycles. The molecule has 0 aliphatic carbocycles. The van der Waals surface area contributed by atoms with Gasteiger partial charge in [-0.25, -0.2) is 9.97 Å². The van der Waals surface area contributed by atoms with E-state index < -0.39 is 0 Å². The van der Waals surface area contributed by atoms with Crippen LogP contribution in [0.5, 0.6) is 0 Å². The fourth-order valence-corrected chi connectivity index (χ4v) is 4.06. The number of hydrogen-bond donors (Lipinski definition) is 0. The van der Waals surface area contributed by atoms with E-state index in [1.54, 1.807) is 0 Å². The van der Waals surface area contributed by atoms with Gasteiger partial charge in [-0.2, -0.15) is 5.26 Å². The van der Waals surface area contributed by atoms with Crippen LogP contribution in [0.4, 0.5) is 17.3 Å². The van der Waals surface area contributed by atoms with Crippen LogP contribution < -0.4 is 14.7 Å². The molecule has 4 rings (SSSR count). The van der Waals surface area contributed by atoms with Crippen molar-refractivity contribution >= 4 is 17.3 Å².